The van der Waals surface area contributed by atoms with Gasteiger partial charge in [0.05, 0.1) is 11.9 Å². The number of ether oxygens (including phenoxy) is 2. The van der Waals surface area contributed by atoms with Crippen LogP contribution in [0.25, 0.3) is 17.1 Å². The van der Waals surface area contributed by atoms with Gasteiger partial charge in [-0.3, -0.25) is 4.90 Å². The van der Waals surface area contributed by atoms with Crippen LogP contribution in [0.1, 0.15) is 57.6 Å². The molecule has 4 heterocycles. The second kappa shape index (κ2) is 13.0. The minimum Gasteiger partial charge on any atom is -0.488 e. The standard InChI is InChI=1S/C34H35F3N4O4/c1-22-5-8-30(27(17-22)29-3-2-4-31(39-29)41-32(34(35,36)37)28(19-38-41)33(42)43)45-21-24-6-7-26-20-40(14-10-25(26)18-24)13-9-23-11-15-44-16-12-23/h2-8,17-19,23H,9-16,20-21H2,1H3,(H,42,43). The normalized spacial score (nSPS) is 16.0. The molecule has 45 heavy (non-hydrogen) atoms. The van der Waals surface area contributed by atoms with Crippen molar-refractivity contribution >= 4 is 5.97 Å². The zero-order valence-electron chi connectivity index (χ0n) is 25.0. The molecule has 11 heteroatoms. The number of pyridine rings is 1. The Balaban J connectivity index is 1.17. The zero-order chi connectivity index (χ0) is 31.6. The predicted octanol–water partition coefficient (Wildman–Crippen LogP) is 6.71. The molecule has 0 spiro atoms. The van der Waals surface area contributed by atoms with Gasteiger partial charge in [0.25, 0.3) is 0 Å². The highest BCUT2D eigenvalue weighted by Crippen LogP contribution is 2.35. The number of aromatic nitrogens is 3. The molecule has 0 bridgehead atoms. The molecule has 6 rings (SSSR count). The van der Waals surface area contributed by atoms with E-state index < -0.39 is 23.4 Å². The lowest BCUT2D eigenvalue weighted by atomic mass is 9.94. The first-order valence-corrected chi connectivity index (χ1v) is 15.2. The minimum absolute atomic E-state index is 0.156. The monoisotopic (exact) mass is 620 g/mol. The van der Waals surface area contributed by atoms with Crippen LogP contribution in [0.2, 0.25) is 0 Å². The maximum absolute atomic E-state index is 13.8. The minimum atomic E-state index is -4.95. The molecule has 0 aliphatic carbocycles. The molecule has 0 unspecified atom stereocenters. The Bertz CT molecular complexity index is 1680. The lowest BCUT2D eigenvalue weighted by molar-refractivity contribution is -0.143. The Morgan fingerprint density at radius 2 is 1.91 bits per heavy atom. The van der Waals surface area contributed by atoms with Gasteiger partial charge in [0, 0.05) is 31.9 Å². The molecule has 1 fully saturated rings. The molecular formula is C34H35F3N4O4. The van der Waals surface area contributed by atoms with Crippen LogP contribution in [-0.4, -0.2) is 57.0 Å². The number of benzene rings is 2. The number of rotatable bonds is 9. The average Bonchev–Trinajstić information content (AvgIpc) is 3.51. The number of hydrogen-bond acceptors (Lipinski definition) is 6. The van der Waals surface area contributed by atoms with Crippen molar-refractivity contribution < 1.29 is 32.5 Å². The van der Waals surface area contributed by atoms with Gasteiger partial charge in [-0.1, -0.05) is 35.9 Å². The Labute approximate surface area is 259 Å². The van der Waals surface area contributed by atoms with Crippen molar-refractivity contribution in [1.29, 1.82) is 0 Å². The third-order valence-corrected chi connectivity index (χ3v) is 8.58. The Morgan fingerprint density at radius 3 is 2.69 bits per heavy atom. The van der Waals surface area contributed by atoms with E-state index in [0.29, 0.717) is 34.5 Å². The summed E-state index contributed by atoms with van der Waals surface area (Å²) in [5, 5.41) is 13.0. The number of carbonyl (C=O) groups is 1. The highest BCUT2D eigenvalue weighted by atomic mass is 19.4. The SMILES string of the molecule is Cc1ccc(OCc2ccc3c(c2)CCN(CCC2CCOCC2)C3)c(-c2cccc(-n3ncc(C(=O)O)c3C(F)(F)F)n2)c1. The number of halogens is 3. The van der Waals surface area contributed by atoms with E-state index in [4.69, 9.17) is 9.47 Å². The highest BCUT2D eigenvalue weighted by Gasteiger charge is 2.41. The second-order valence-corrected chi connectivity index (χ2v) is 11.8. The summed E-state index contributed by atoms with van der Waals surface area (Å²) in [6.45, 7) is 7.08. The third kappa shape index (κ3) is 7.04. The molecule has 2 aliphatic heterocycles. The quantitative estimate of drug-likeness (QED) is 0.222. The topological polar surface area (TPSA) is 89.7 Å². The number of aromatic carboxylic acids is 1. The number of alkyl halides is 3. The largest absolute Gasteiger partial charge is 0.488 e. The molecule has 0 saturated carbocycles. The Kier molecular flexibility index (Phi) is 8.91. The molecule has 236 valence electrons. The van der Waals surface area contributed by atoms with E-state index in [2.05, 4.69) is 33.2 Å². The number of hydrogen-bond donors (Lipinski definition) is 1. The summed E-state index contributed by atoms with van der Waals surface area (Å²) in [7, 11) is 0. The van der Waals surface area contributed by atoms with E-state index in [1.165, 1.54) is 23.6 Å². The van der Waals surface area contributed by atoms with Crippen molar-refractivity contribution in [3.63, 3.8) is 0 Å². The maximum atomic E-state index is 13.8. The van der Waals surface area contributed by atoms with Gasteiger partial charge in [-0.25, -0.2) is 14.5 Å². The number of aryl methyl sites for hydroxylation is 1. The van der Waals surface area contributed by atoms with E-state index >= 15 is 0 Å². The third-order valence-electron chi connectivity index (χ3n) is 8.58. The number of carboxylic acid groups (broad SMARTS) is 1. The maximum Gasteiger partial charge on any atom is 0.434 e. The predicted molar refractivity (Wildman–Crippen MR) is 161 cm³/mol. The summed E-state index contributed by atoms with van der Waals surface area (Å²) in [6.07, 6.45) is 0.266. The number of nitrogens with zero attached hydrogens (tertiary/aromatic N) is 4. The lowest BCUT2D eigenvalue weighted by Gasteiger charge is -2.31. The fourth-order valence-corrected chi connectivity index (χ4v) is 6.12. The average molecular weight is 621 g/mol. The Morgan fingerprint density at radius 1 is 1.09 bits per heavy atom. The van der Waals surface area contributed by atoms with Crippen molar-refractivity contribution in [3.05, 3.63) is 94.3 Å². The molecule has 1 N–H and O–H groups in total. The molecule has 2 aromatic carbocycles. The van der Waals surface area contributed by atoms with Crippen LogP contribution >= 0.6 is 0 Å². The summed E-state index contributed by atoms with van der Waals surface area (Å²) < 4.78 is 53.8. The van der Waals surface area contributed by atoms with Gasteiger partial charge < -0.3 is 14.6 Å². The number of carboxylic acids is 1. The van der Waals surface area contributed by atoms with Crippen LogP contribution in [-0.2, 0) is 30.5 Å². The van der Waals surface area contributed by atoms with E-state index in [-0.39, 0.29) is 5.82 Å². The molecule has 0 atom stereocenters. The van der Waals surface area contributed by atoms with Crippen LogP contribution in [0, 0.1) is 12.8 Å². The molecule has 2 aromatic heterocycles. The first-order chi connectivity index (χ1) is 21.7. The van der Waals surface area contributed by atoms with Crippen LogP contribution in [0.3, 0.4) is 0 Å². The van der Waals surface area contributed by atoms with Gasteiger partial charge >= 0.3 is 12.1 Å². The van der Waals surface area contributed by atoms with Crippen molar-refractivity contribution in [2.24, 2.45) is 5.92 Å². The second-order valence-electron chi connectivity index (χ2n) is 11.8. The highest BCUT2D eigenvalue weighted by molar-refractivity contribution is 5.89. The van der Waals surface area contributed by atoms with Crippen LogP contribution < -0.4 is 4.74 Å². The van der Waals surface area contributed by atoms with Crippen molar-refractivity contribution in [3.8, 4) is 22.8 Å². The van der Waals surface area contributed by atoms with Gasteiger partial charge in [-0.05, 0) is 86.0 Å². The van der Waals surface area contributed by atoms with Crippen LogP contribution in [0.4, 0.5) is 13.2 Å². The summed E-state index contributed by atoms with van der Waals surface area (Å²) in [5.41, 5.74) is 3.27. The van der Waals surface area contributed by atoms with Gasteiger partial charge in [-0.15, -0.1) is 0 Å². The first-order valence-electron chi connectivity index (χ1n) is 15.2. The summed E-state index contributed by atoms with van der Waals surface area (Å²) >= 11 is 0. The zero-order valence-corrected chi connectivity index (χ0v) is 25.0. The smallest absolute Gasteiger partial charge is 0.434 e. The van der Waals surface area contributed by atoms with E-state index in [1.807, 2.05) is 25.1 Å². The van der Waals surface area contributed by atoms with Crippen LogP contribution in [0.5, 0.6) is 5.75 Å². The van der Waals surface area contributed by atoms with Gasteiger partial charge in [-0.2, -0.15) is 18.3 Å². The van der Waals surface area contributed by atoms with Crippen molar-refractivity contribution in [1.82, 2.24) is 19.7 Å². The van der Waals surface area contributed by atoms with E-state index in [9.17, 15) is 23.1 Å². The van der Waals surface area contributed by atoms with E-state index in [0.717, 1.165) is 69.2 Å². The molecule has 0 radical (unpaired) electrons. The summed E-state index contributed by atoms with van der Waals surface area (Å²) in [4.78, 5) is 18.4. The van der Waals surface area contributed by atoms with Gasteiger partial charge in [0.1, 0.15) is 17.9 Å². The van der Waals surface area contributed by atoms with Crippen LogP contribution in [0.15, 0.2) is 60.8 Å². The molecule has 8 nitrogen and oxygen atoms in total. The van der Waals surface area contributed by atoms with Crippen molar-refractivity contribution in [2.75, 3.05) is 26.3 Å². The summed E-state index contributed by atoms with van der Waals surface area (Å²) in [5.74, 6) is -0.581. The van der Waals surface area contributed by atoms with Crippen molar-refractivity contribution in [2.45, 2.75) is 51.9 Å². The molecule has 0 amide bonds. The molecule has 2 aliphatic rings. The van der Waals surface area contributed by atoms with E-state index in [1.54, 1.807) is 12.1 Å². The molecule has 1 saturated heterocycles. The van der Waals surface area contributed by atoms with Gasteiger partial charge in [0.15, 0.2) is 11.5 Å². The molecule has 4 aromatic rings. The first kappa shape index (κ1) is 30.8. The number of fused-ring (bicyclic) bond motifs is 1. The Hall–Kier alpha value is -4.22. The lowest BCUT2D eigenvalue weighted by Crippen LogP contribution is -2.33. The van der Waals surface area contributed by atoms with Gasteiger partial charge in [0.2, 0.25) is 0 Å². The molecular weight excluding hydrogens is 585 g/mol. The fourth-order valence-electron chi connectivity index (χ4n) is 6.12. The summed E-state index contributed by atoms with van der Waals surface area (Å²) in [6, 6.07) is 16.6. The fraction of sp³-hybridized carbons (Fsp3) is 0.382.